The van der Waals surface area contributed by atoms with Crippen LogP contribution in [-0.4, -0.2) is 17.0 Å². The van der Waals surface area contributed by atoms with E-state index < -0.39 is 5.82 Å². The highest BCUT2D eigenvalue weighted by molar-refractivity contribution is 6.30. The van der Waals surface area contributed by atoms with Crippen LogP contribution < -0.4 is 5.32 Å². The summed E-state index contributed by atoms with van der Waals surface area (Å²) in [5.74, 6) is 0.798. The van der Waals surface area contributed by atoms with Gasteiger partial charge in [-0.1, -0.05) is 18.5 Å². The number of hydrogen-bond acceptors (Lipinski definition) is 3. The highest BCUT2D eigenvalue weighted by Gasteiger charge is 2.11. The van der Waals surface area contributed by atoms with E-state index in [9.17, 15) is 4.39 Å². The number of nitrogens with zero attached hydrogens (tertiary/aromatic N) is 2. The van der Waals surface area contributed by atoms with E-state index in [0.717, 1.165) is 23.5 Å². The van der Waals surface area contributed by atoms with Crippen LogP contribution in [0, 0.1) is 12.7 Å². The van der Waals surface area contributed by atoms with Gasteiger partial charge >= 0.3 is 0 Å². The zero-order chi connectivity index (χ0) is 14.0. The lowest BCUT2D eigenvalue weighted by molar-refractivity contribution is 0.628. The monoisotopic (exact) mass is 279 g/mol. The number of nitrogens with one attached hydrogen (secondary N) is 1. The van der Waals surface area contributed by atoms with Crippen molar-refractivity contribution in [2.24, 2.45) is 0 Å². The van der Waals surface area contributed by atoms with Crippen molar-refractivity contribution in [2.45, 2.75) is 20.3 Å². The second-order valence-corrected chi connectivity index (χ2v) is 4.61. The number of aromatic nitrogens is 2. The molecule has 0 radical (unpaired) electrons. The first-order valence-corrected chi connectivity index (χ1v) is 6.45. The zero-order valence-corrected chi connectivity index (χ0v) is 11.8. The molecule has 0 unspecified atom stereocenters. The van der Waals surface area contributed by atoms with Gasteiger partial charge in [0, 0.05) is 23.9 Å². The van der Waals surface area contributed by atoms with E-state index in [1.54, 1.807) is 13.1 Å². The summed E-state index contributed by atoms with van der Waals surface area (Å²) in [5, 5.41) is 3.13. The predicted molar refractivity (Wildman–Crippen MR) is 76.1 cm³/mol. The van der Waals surface area contributed by atoms with E-state index in [1.807, 2.05) is 13.8 Å². The lowest BCUT2D eigenvalue weighted by atomic mass is 10.1. The maximum Gasteiger partial charge on any atom is 0.161 e. The fourth-order valence-corrected chi connectivity index (χ4v) is 2.03. The van der Waals surface area contributed by atoms with E-state index in [1.165, 1.54) is 12.1 Å². The average molecular weight is 280 g/mol. The van der Waals surface area contributed by atoms with Gasteiger partial charge < -0.3 is 5.32 Å². The first-order valence-electron chi connectivity index (χ1n) is 6.07. The lowest BCUT2D eigenvalue weighted by Gasteiger charge is -2.11. The van der Waals surface area contributed by atoms with Crippen molar-refractivity contribution < 1.29 is 4.39 Å². The maximum absolute atomic E-state index is 13.5. The summed E-state index contributed by atoms with van der Waals surface area (Å²) >= 11 is 5.68. The molecule has 0 aliphatic heterocycles. The third-order valence-electron chi connectivity index (χ3n) is 3.00. The molecular weight excluding hydrogens is 265 g/mol. The Kier molecular flexibility index (Phi) is 4.00. The first kappa shape index (κ1) is 13.7. The van der Waals surface area contributed by atoms with E-state index in [0.29, 0.717) is 11.4 Å². The minimum atomic E-state index is -0.465. The van der Waals surface area contributed by atoms with Gasteiger partial charge in [0.25, 0.3) is 0 Å². The molecule has 100 valence electrons. The molecule has 0 atom stereocenters. The molecule has 0 spiro atoms. The number of anilines is 1. The van der Waals surface area contributed by atoms with Crippen molar-refractivity contribution in [2.75, 3.05) is 12.4 Å². The van der Waals surface area contributed by atoms with E-state index in [4.69, 9.17) is 11.6 Å². The van der Waals surface area contributed by atoms with Crippen LogP contribution in [0.2, 0.25) is 5.02 Å². The summed E-state index contributed by atoms with van der Waals surface area (Å²) in [7, 11) is 1.81. The van der Waals surface area contributed by atoms with Crippen LogP contribution in [0.4, 0.5) is 10.2 Å². The molecule has 5 heteroatoms. The third kappa shape index (κ3) is 2.68. The number of aryl methyl sites for hydroxylation is 1. The van der Waals surface area contributed by atoms with Gasteiger partial charge in [-0.25, -0.2) is 14.4 Å². The Hall–Kier alpha value is -1.68. The van der Waals surface area contributed by atoms with Crippen LogP contribution in [0.25, 0.3) is 11.4 Å². The molecule has 1 N–H and O–H groups in total. The van der Waals surface area contributed by atoms with Crippen LogP contribution in [0.3, 0.4) is 0 Å². The molecule has 0 amide bonds. The van der Waals surface area contributed by atoms with E-state index in [-0.39, 0.29) is 5.02 Å². The summed E-state index contributed by atoms with van der Waals surface area (Å²) < 4.78 is 13.5. The van der Waals surface area contributed by atoms with Crippen LogP contribution >= 0.6 is 11.6 Å². The largest absolute Gasteiger partial charge is 0.373 e. The standard InChI is InChI=1S/C14H15ClFN3/c1-4-12-8(2)13(17-3)19-14(18-12)9-5-6-10(15)11(16)7-9/h5-7H,4H2,1-3H3,(H,17,18,19). The van der Waals surface area contributed by atoms with Gasteiger partial charge in [-0.15, -0.1) is 0 Å². The molecule has 1 aromatic carbocycles. The number of hydrogen-bond donors (Lipinski definition) is 1. The molecule has 0 saturated heterocycles. The Morgan fingerprint density at radius 3 is 2.63 bits per heavy atom. The molecule has 2 rings (SSSR count). The Morgan fingerprint density at radius 2 is 2.05 bits per heavy atom. The summed E-state index contributed by atoms with van der Waals surface area (Å²) in [6.45, 7) is 4.00. The van der Waals surface area contributed by atoms with Crippen LogP contribution in [0.5, 0.6) is 0 Å². The Morgan fingerprint density at radius 1 is 1.32 bits per heavy atom. The summed E-state index contributed by atoms with van der Waals surface area (Å²) in [6, 6.07) is 4.58. The van der Waals surface area contributed by atoms with Crippen molar-refractivity contribution in [3.05, 3.63) is 40.3 Å². The fourth-order valence-electron chi connectivity index (χ4n) is 1.92. The summed E-state index contributed by atoms with van der Waals surface area (Å²) in [5.41, 5.74) is 2.58. The Bertz CT molecular complexity index is 589. The number of benzene rings is 1. The van der Waals surface area contributed by atoms with Crippen molar-refractivity contribution >= 4 is 17.4 Å². The highest BCUT2D eigenvalue weighted by atomic mass is 35.5. The van der Waals surface area contributed by atoms with Crippen molar-refractivity contribution in [3.63, 3.8) is 0 Å². The van der Waals surface area contributed by atoms with Gasteiger partial charge in [0.2, 0.25) is 0 Å². The minimum Gasteiger partial charge on any atom is -0.373 e. The SMILES string of the molecule is CCc1nc(-c2ccc(Cl)c(F)c2)nc(NC)c1C. The normalized spacial score (nSPS) is 10.6. The highest BCUT2D eigenvalue weighted by Crippen LogP contribution is 2.25. The zero-order valence-electron chi connectivity index (χ0n) is 11.1. The van der Waals surface area contributed by atoms with Gasteiger partial charge in [-0.2, -0.15) is 0 Å². The summed E-state index contributed by atoms with van der Waals surface area (Å²) in [6.07, 6.45) is 0.798. The van der Waals surface area contributed by atoms with Gasteiger partial charge in [-0.3, -0.25) is 0 Å². The minimum absolute atomic E-state index is 0.0976. The summed E-state index contributed by atoms with van der Waals surface area (Å²) in [4.78, 5) is 8.89. The van der Waals surface area contributed by atoms with Crippen molar-refractivity contribution in [3.8, 4) is 11.4 Å². The van der Waals surface area contributed by atoms with Gasteiger partial charge in [0.05, 0.1) is 5.02 Å². The molecule has 3 nitrogen and oxygen atoms in total. The number of rotatable bonds is 3. The maximum atomic E-state index is 13.5. The van der Waals surface area contributed by atoms with E-state index >= 15 is 0 Å². The molecule has 1 heterocycles. The second-order valence-electron chi connectivity index (χ2n) is 4.20. The molecule has 0 bridgehead atoms. The molecule has 0 saturated carbocycles. The van der Waals surface area contributed by atoms with E-state index in [2.05, 4.69) is 15.3 Å². The smallest absolute Gasteiger partial charge is 0.161 e. The van der Waals surface area contributed by atoms with Crippen LogP contribution in [-0.2, 0) is 6.42 Å². The molecule has 0 aliphatic carbocycles. The Balaban J connectivity index is 2.58. The fraction of sp³-hybridized carbons (Fsp3) is 0.286. The predicted octanol–water partition coefficient (Wildman–Crippen LogP) is 3.85. The average Bonchev–Trinajstić information content (AvgIpc) is 2.42. The molecule has 0 aliphatic rings. The van der Waals surface area contributed by atoms with Gasteiger partial charge in [0.15, 0.2) is 5.82 Å². The first-order chi connectivity index (χ1) is 9.06. The van der Waals surface area contributed by atoms with Crippen molar-refractivity contribution in [1.82, 2.24) is 9.97 Å². The quantitative estimate of drug-likeness (QED) is 0.927. The lowest BCUT2D eigenvalue weighted by Crippen LogP contribution is -2.04. The third-order valence-corrected chi connectivity index (χ3v) is 3.30. The Labute approximate surface area is 116 Å². The molecular formula is C14H15ClFN3. The second kappa shape index (κ2) is 5.53. The molecule has 0 fully saturated rings. The van der Waals surface area contributed by atoms with Crippen LogP contribution in [0.1, 0.15) is 18.2 Å². The van der Waals surface area contributed by atoms with Crippen molar-refractivity contribution in [1.29, 1.82) is 0 Å². The molecule has 2 aromatic rings. The topological polar surface area (TPSA) is 37.8 Å². The van der Waals surface area contributed by atoms with Gasteiger partial charge in [-0.05, 0) is 31.5 Å². The number of halogens is 2. The van der Waals surface area contributed by atoms with Gasteiger partial charge in [0.1, 0.15) is 11.6 Å². The molecule has 19 heavy (non-hydrogen) atoms. The molecule has 1 aromatic heterocycles. The van der Waals surface area contributed by atoms with Crippen LogP contribution in [0.15, 0.2) is 18.2 Å².